The van der Waals surface area contributed by atoms with E-state index in [2.05, 4.69) is 35.9 Å². The predicted octanol–water partition coefficient (Wildman–Crippen LogP) is 1.62. The number of nitrogens with zero attached hydrogens (tertiary/aromatic N) is 4. The first-order valence-electron chi connectivity index (χ1n) is 7.31. The van der Waals surface area contributed by atoms with Crippen LogP contribution >= 0.6 is 11.6 Å². The SMILES string of the molecule is CCCn1ncc(Cl)c1C(O)CC1CN(C)CCN1C. The van der Waals surface area contributed by atoms with Gasteiger partial charge in [-0.05, 0) is 26.9 Å². The van der Waals surface area contributed by atoms with Crippen molar-refractivity contribution in [2.45, 2.75) is 38.5 Å². The molecule has 2 rings (SSSR count). The molecule has 0 radical (unpaired) electrons. The van der Waals surface area contributed by atoms with Crippen molar-refractivity contribution in [3.05, 3.63) is 16.9 Å². The van der Waals surface area contributed by atoms with E-state index in [1.54, 1.807) is 6.20 Å². The van der Waals surface area contributed by atoms with Gasteiger partial charge in [0.1, 0.15) is 0 Å². The lowest BCUT2D eigenvalue weighted by molar-refractivity contribution is 0.0600. The molecule has 0 bridgehead atoms. The summed E-state index contributed by atoms with van der Waals surface area (Å²) >= 11 is 6.19. The van der Waals surface area contributed by atoms with E-state index in [1.165, 1.54) is 0 Å². The quantitative estimate of drug-likeness (QED) is 0.897. The fourth-order valence-electron chi connectivity index (χ4n) is 2.82. The van der Waals surface area contributed by atoms with Gasteiger partial charge in [-0.2, -0.15) is 5.10 Å². The summed E-state index contributed by atoms with van der Waals surface area (Å²) in [6, 6.07) is 0.352. The fourth-order valence-corrected chi connectivity index (χ4v) is 3.09. The second-order valence-electron chi connectivity index (χ2n) is 5.75. The van der Waals surface area contributed by atoms with Gasteiger partial charge in [0.25, 0.3) is 0 Å². The van der Waals surface area contributed by atoms with Gasteiger partial charge in [0.2, 0.25) is 0 Å². The standard InChI is InChI=1S/C14H25ClN4O/c1-4-5-19-14(12(15)9-16-19)13(20)8-11-10-17(2)6-7-18(11)3/h9,11,13,20H,4-8,10H2,1-3H3. The van der Waals surface area contributed by atoms with Crippen LogP contribution in [0.25, 0.3) is 0 Å². The van der Waals surface area contributed by atoms with Crippen LogP contribution in [0.15, 0.2) is 6.20 Å². The Morgan fingerprint density at radius 2 is 2.20 bits per heavy atom. The van der Waals surface area contributed by atoms with E-state index < -0.39 is 6.10 Å². The average molecular weight is 301 g/mol. The number of hydrogen-bond acceptors (Lipinski definition) is 4. The molecular weight excluding hydrogens is 276 g/mol. The zero-order valence-electron chi connectivity index (χ0n) is 12.6. The van der Waals surface area contributed by atoms with Gasteiger partial charge in [-0.15, -0.1) is 0 Å². The van der Waals surface area contributed by atoms with Crippen molar-refractivity contribution in [1.29, 1.82) is 0 Å². The first-order chi connectivity index (χ1) is 9.52. The molecule has 1 aliphatic heterocycles. The Hall–Kier alpha value is -0.620. The molecule has 114 valence electrons. The van der Waals surface area contributed by atoms with Gasteiger partial charge >= 0.3 is 0 Å². The molecule has 20 heavy (non-hydrogen) atoms. The molecule has 0 aromatic carbocycles. The minimum Gasteiger partial charge on any atom is -0.387 e. The Bertz CT molecular complexity index is 437. The molecule has 1 aromatic heterocycles. The topological polar surface area (TPSA) is 44.5 Å². The van der Waals surface area contributed by atoms with Gasteiger partial charge in [0, 0.05) is 32.2 Å². The second-order valence-corrected chi connectivity index (χ2v) is 6.16. The van der Waals surface area contributed by atoms with E-state index in [0.717, 1.165) is 38.3 Å². The van der Waals surface area contributed by atoms with Gasteiger partial charge in [-0.3, -0.25) is 4.68 Å². The smallest absolute Gasteiger partial charge is 0.0987 e. The van der Waals surface area contributed by atoms with Crippen LogP contribution in [-0.2, 0) is 6.54 Å². The molecule has 6 heteroatoms. The number of piperazine rings is 1. The van der Waals surface area contributed by atoms with Gasteiger partial charge in [-0.1, -0.05) is 18.5 Å². The highest BCUT2D eigenvalue weighted by Crippen LogP contribution is 2.28. The summed E-state index contributed by atoms with van der Waals surface area (Å²) in [4.78, 5) is 4.62. The Morgan fingerprint density at radius 3 is 2.90 bits per heavy atom. The summed E-state index contributed by atoms with van der Waals surface area (Å²) < 4.78 is 1.83. The van der Waals surface area contributed by atoms with E-state index in [9.17, 15) is 5.11 Å². The molecular formula is C14H25ClN4O. The van der Waals surface area contributed by atoms with Gasteiger partial charge < -0.3 is 14.9 Å². The van der Waals surface area contributed by atoms with Crippen molar-refractivity contribution in [3.63, 3.8) is 0 Å². The van der Waals surface area contributed by atoms with Crippen LogP contribution in [0.4, 0.5) is 0 Å². The van der Waals surface area contributed by atoms with E-state index in [-0.39, 0.29) is 0 Å². The van der Waals surface area contributed by atoms with Gasteiger partial charge in [0.15, 0.2) is 0 Å². The van der Waals surface area contributed by atoms with Gasteiger partial charge in [0.05, 0.1) is 23.0 Å². The van der Waals surface area contributed by atoms with Crippen molar-refractivity contribution in [3.8, 4) is 0 Å². The molecule has 1 aromatic rings. The highest BCUT2D eigenvalue weighted by Gasteiger charge is 2.27. The zero-order valence-corrected chi connectivity index (χ0v) is 13.3. The third-order valence-corrected chi connectivity index (χ3v) is 4.35. The molecule has 0 saturated carbocycles. The maximum absolute atomic E-state index is 10.6. The van der Waals surface area contributed by atoms with Crippen molar-refractivity contribution in [2.75, 3.05) is 33.7 Å². The Labute approximate surface area is 126 Å². The van der Waals surface area contributed by atoms with Crippen molar-refractivity contribution in [1.82, 2.24) is 19.6 Å². The number of likely N-dealkylation sites (N-methyl/N-ethyl adjacent to an activating group) is 2. The molecule has 1 aliphatic rings. The molecule has 0 amide bonds. The fraction of sp³-hybridized carbons (Fsp3) is 0.786. The summed E-state index contributed by atoms with van der Waals surface area (Å²) in [6.45, 7) is 5.98. The van der Waals surface area contributed by atoms with Crippen molar-refractivity contribution < 1.29 is 5.11 Å². The minimum absolute atomic E-state index is 0.352. The summed E-state index contributed by atoms with van der Waals surface area (Å²) in [7, 11) is 4.25. The maximum Gasteiger partial charge on any atom is 0.0987 e. The molecule has 1 N–H and O–H groups in total. The summed E-state index contributed by atoms with van der Waals surface area (Å²) in [5.41, 5.74) is 0.759. The van der Waals surface area contributed by atoms with Crippen molar-refractivity contribution >= 4 is 11.6 Å². The van der Waals surface area contributed by atoms with E-state index in [0.29, 0.717) is 17.5 Å². The number of aliphatic hydroxyl groups excluding tert-OH is 1. The minimum atomic E-state index is -0.560. The Kier molecular flexibility index (Phi) is 5.43. The molecule has 2 atom stereocenters. The van der Waals surface area contributed by atoms with Crippen LogP contribution in [0.2, 0.25) is 5.02 Å². The first kappa shape index (κ1) is 15.8. The van der Waals surface area contributed by atoms with Crippen LogP contribution in [0.3, 0.4) is 0 Å². The molecule has 5 nitrogen and oxygen atoms in total. The molecule has 2 heterocycles. The van der Waals surface area contributed by atoms with E-state index in [1.807, 2.05) is 4.68 Å². The van der Waals surface area contributed by atoms with E-state index >= 15 is 0 Å². The predicted molar refractivity (Wildman–Crippen MR) is 81.0 cm³/mol. The van der Waals surface area contributed by atoms with Crippen LogP contribution in [0.5, 0.6) is 0 Å². The summed E-state index contributed by atoms with van der Waals surface area (Å²) in [5, 5.41) is 15.4. The van der Waals surface area contributed by atoms with Crippen LogP contribution in [-0.4, -0.2) is 64.5 Å². The molecule has 0 aliphatic carbocycles. The highest BCUT2D eigenvalue weighted by atomic mass is 35.5. The lowest BCUT2D eigenvalue weighted by atomic mass is 10.0. The molecule has 1 saturated heterocycles. The second kappa shape index (κ2) is 6.89. The van der Waals surface area contributed by atoms with Crippen LogP contribution < -0.4 is 0 Å². The Morgan fingerprint density at radius 1 is 1.45 bits per heavy atom. The third kappa shape index (κ3) is 3.52. The largest absolute Gasteiger partial charge is 0.387 e. The monoisotopic (exact) mass is 300 g/mol. The maximum atomic E-state index is 10.6. The molecule has 2 unspecified atom stereocenters. The average Bonchev–Trinajstić information content (AvgIpc) is 2.75. The highest BCUT2D eigenvalue weighted by molar-refractivity contribution is 6.31. The number of hydrogen-bond donors (Lipinski definition) is 1. The van der Waals surface area contributed by atoms with Crippen LogP contribution in [0.1, 0.15) is 31.6 Å². The Balaban J connectivity index is 2.07. The number of halogens is 1. The number of aliphatic hydroxyl groups is 1. The molecule has 1 fully saturated rings. The van der Waals surface area contributed by atoms with Crippen molar-refractivity contribution in [2.24, 2.45) is 0 Å². The number of aromatic nitrogens is 2. The number of aryl methyl sites for hydroxylation is 1. The normalized spacial score (nSPS) is 23.1. The lowest BCUT2D eigenvalue weighted by Crippen LogP contribution is -2.50. The zero-order chi connectivity index (χ0) is 14.7. The number of rotatable bonds is 5. The lowest BCUT2D eigenvalue weighted by Gasteiger charge is -2.38. The summed E-state index contributed by atoms with van der Waals surface area (Å²) in [6.07, 6.45) is 2.74. The summed E-state index contributed by atoms with van der Waals surface area (Å²) in [5.74, 6) is 0. The van der Waals surface area contributed by atoms with E-state index in [4.69, 9.17) is 11.6 Å². The van der Waals surface area contributed by atoms with Crippen LogP contribution in [0, 0.1) is 0 Å². The van der Waals surface area contributed by atoms with Gasteiger partial charge in [-0.25, -0.2) is 0 Å². The molecule has 0 spiro atoms. The first-order valence-corrected chi connectivity index (χ1v) is 7.68. The third-order valence-electron chi connectivity index (χ3n) is 4.06.